The van der Waals surface area contributed by atoms with Gasteiger partial charge in [-0.3, -0.25) is 4.68 Å². The van der Waals surface area contributed by atoms with Crippen LogP contribution < -0.4 is 9.64 Å². The number of benzene rings is 1. The van der Waals surface area contributed by atoms with Gasteiger partial charge in [0.2, 0.25) is 0 Å². The number of furan rings is 1. The SMILES string of the molecule is Cc1cc2cc(OCC3=CC=CN(c4cnn(C)c4)C3C(F)(F)F)ccc2o1. The standard InChI is InChI=1S/C20H18F3N3O2/c1-13-8-15-9-17(5-6-18(15)28-13)27-12-14-4-3-7-26(19(14)20(21,22)23)16-10-24-25(2)11-16/h3-11,19H,12H2,1-2H3. The maximum Gasteiger partial charge on any atom is 0.413 e. The van der Waals surface area contributed by atoms with E-state index in [-0.39, 0.29) is 12.2 Å². The molecule has 0 fully saturated rings. The fraction of sp³-hybridized carbons (Fsp3) is 0.250. The molecule has 3 heterocycles. The number of alkyl halides is 3. The van der Waals surface area contributed by atoms with Gasteiger partial charge in [0.05, 0.1) is 11.9 Å². The molecule has 0 aliphatic carbocycles. The number of hydrogen-bond donors (Lipinski definition) is 0. The predicted octanol–water partition coefficient (Wildman–Crippen LogP) is 4.74. The average Bonchev–Trinajstić information content (AvgIpc) is 3.22. The molecule has 8 heteroatoms. The van der Waals surface area contributed by atoms with E-state index in [1.165, 1.54) is 23.2 Å². The van der Waals surface area contributed by atoms with E-state index in [0.29, 0.717) is 17.0 Å². The largest absolute Gasteiger partial charge is 0.489 e. The summed E-state index contributed by atoms with van der Waals surface area (Å²) in [6, 6.07) is 5.23. The normalized spacial score (nSPS) is 17.2. The summed E-state index contributed by atoms with van der Waals surface area (Å²) in [6.45, 7) is 1.65. The van der Waals surface area contributed by atoms with Gasteiger partial charge >= 0.3 is 6.18 Å². The second-order valence-corrected chi connectivity index (χ2v) is 6.65. The molecule has 0 bridgehead atoms. The van der Waals surface area contributed by atoms with Gasteiger partial charge < -0.3 is 14.1 Å². The van der Waals surface area contributed by atoms with Crippen LogP contribution in [0.5, 0.6) is 5.75 Å². The van der Waals surface area contributed by atoms with Crippen molar-refractivity contribution in [1.82, 2.24) is 9.78 Å². The molecule has 1 unspecified atom stereocenters. The van der Waals surface area contributed by atoms with E-state index in [1.807, 2.05) is 13.0 Å². The zero-order chi connectivity index (χ0) is 19.9. The van der Waals surface area contributed by atoms with Gasteiger partial charge in [-0.05, 0) is 42.8 Å². The number of aryl methyl sites for hydroxylation is 2. The van der Waals surface area contributed by atoms with Crippen molar-refractivity contribution >= 4 is 16.7 Å². The number of nitrogens with zero attached hydrogens (tertiary/aromatic N) is 3. The number of aromatic nitrogens is 2. The molecule has 1 aliphatic heterocycles. The number of rotatable bonds is 4. The molecule has 1 aromatic carbocycles. The highest BCUT2D eigenvalue weighted by Crippen LogP contribution is 2.36. The Balaban J connectivity index is 1.57. The molecule has 5 nitrogen and oxygen atoms in total. The van der Waals surface area contributed by atoms with Crippen molar-refractivity contribution in [3.63, 3.8) is 0 Å². The lowest BCUT2D eigenvalue weighted by atomic mass is 10.0. The summed E-state index contributed by atoms with van der Waals surface area (Å²) in [5.41, 5.74) is 1.19. The third kappa shape index (κ3) is 3.49. The first-order chi connectivity index (χ1) is 13.3. The first-order valence-corrected chi connectivity index (χ1v) is 8.65. The Hall–Kier alpha value is -3.16. The van der Waals surface area contributed by atoms with Gasteiger partial charge in [-0.1, -0.05) is 6.08 Å². The maximum atomic E-state index is 13.9. The Morgan fingerprint density at radius 2 is 2.07 bits per heavy atom. The molecular weight excluding hydrogens is 371 g/mol. The molecule has 0 spiro atoms. The minimum atomic E-state index is -4.47. The highest BCUT2D eigenvalue weighted by atomic mass is 19.4. The van der Waals surface area contributed by atoms with Crippen molar-refractivity contribution in [3.8, 4) is 5.75 Å². The number of anilines is 1. The van der Waals surface area contributed by atoms with Gasteiger partial charge in [0, 0.05) is 24.8 Å². The monoisotopic (exact) mass is 389 g/mol. The van der Waals surface area contributed by atoms with Crippen LogP contribution in [0, 0.1) is 6.92 Å². The van der Waals surface area contributed by atoms with Gasteiger partial charge in [0.25, 0.3) is 0 Å². The van der Waals surface area contributed by atoms with Crippen LogP contribution in [0.25, 0.3) is 11.0 Å². The minimum Gasteiger partial charge on any atom is -0.489 e. The molecule has 146 valence electrons. The topological polar surface area (TPSA) is 43.4 Å². The Kier molecular flexibility index (Phi) is 4.41. The first-order valence-electron chi connectivity index (χ1n) is 8.65. The molecule has 4 rings (SSSR count). The van der Waals surface area contributed by atoms with Crippen LogP contribution in [0.15, 0.2) is 65.0 Å². The van der Waals surface area contributed by atoms with Crippen molar-refractivity contribution in [2.24, 2.45) is 7.05 Å². The molecule has 0 saturated heterocycles. The zero-order valence-corrected chi connectivity index (χ0v) is 15.3. The molecule has 1 aliphatic rings. The van der Waals surface area contributed by atoms with E-state index in [1.54, 1.807) is 37.5 Å². The Bertz CT molecular complexity index is 1060. The van der Waals surface area contributed by atoms with Gasteiger partial charge in [-0.15, -0.1) is 0 Å². The van der Waals surface area contributed by atoms with E-state index < -0.39 is 12.2 Å². The van der Waals surface area contributed by atoms with E-state index in [9.17, 15) is 13.2 Å². The second kappa shape index (κ2) is 6.78. The lowest BCUT2D eigenvalue weighted by Gasteiger charge is -2.34. The second-order valence-electron chi connectivity index (χ2n) is 6.65. The number of halogens is 3. The molecule has 3 aromatic rings. The quantitative estimate of drug-likeness (QED) is 0.646. The van der Waals surface area contributed by atoms with E-state index in [0.717, 1.165) is 16.0 Å². The highest BCUT2D eigenvalue weighted by molar-refractivity contribution is 5.79. The molecular formula is C20H18F3N3O2. The summed E-state index contributed by atoms with van der Waals surface area (Å²) >= 11 is 0. The molecule has 0 saturated carbocycles. The Morgan fingerprint density at radius 3 is 2.79 bits per heavy atom. The summed E-state index contributed by atoms with van der Waals surface area (Å²) in [5.74, 6) is 1.24. The lowest BCUT2D eigenvalue weighted by molar-refractivity contribution is -0.140. The number of fused-ring (bicyclic) bond motifs is 1. The summed E-state index contributed by atoms with van der Waals surface area (Å²) in [6.07, 6.45) is 2.91. The molecule has 28 heavy (non-hydrogen) atoms. The van der Waals surface area contributed by atoms with E-state index in [2.05, 4.69) is 5.10 Å². The fourth-order valence-corrected chi connectivity index (χ4v) is 3.30. The van der Waals surface area contributed by atoms with Crippen LogP contribution in [0.2, 0.25) is 0 Å². The van der Waals surface area contributed by atoms with Crippen LogP contribution >= 0.6 is 0 Å². The van der Waals surface area contributed by atoms with Crippen LogP contribution in [-0.2, 0) is 7.05 Å². The third-order valence-corrected chi connectivity index (χ3v) is 4.50. The van der Waals surface area contributed by atoms with Gasteiger partial charge in [-0.25, -0.2) is 0 Å². The van der Waals surface area contributed by atoms with Gasteiger partial charge in [0.15, 0.2) is 6.04 Å². The summed E-state index contributed by atoms with van der Waals surface area (Å²) in [7, 11) is 1.66. The van der Waals surface area contributed by atoms with E-state index >= 15 is 0 Å². The number of hydrogen-bond acceptors (Lipinski definition) is 4. The fourth-order valence-electron chi connectivity index (χ4n) is 3.30. The average molecular weight is 389 g/mol. The third-order valence-electron chi connectivity index (χ3n) is 4.50. The van der Waals surface area contributed by atoms with Crippen LogP contribution in [-0.4, -0.2) is 28.6 Å². The van der Waals surface area contributed by atoms with Crippen LogP contribution in [0.1, 0.15) is 5.76 Å². The van der Waals surface area contributed by atoms with Gasteiger partial charge in [-0.2, -0.15) is 18.3 Å². The minimum absolute atomic E-state index is 0.113. The first kappa shape index (κ1) is 18.2. The van der Waals surface area contributed by atoms with Crippen molar-refractivity contribution < 1.29 is 22.3 Å². The maximum absolute atomic E-state index is 13.9. The molecule has 2 aromatic heterocycles. The molecule has 1 atom stereocenters. The van der Waals surface area contributed by atoms with Crippen molar-refractivity contribution in [3.05, 3.63) is 66.3 Å². The molecule has 0 radical (unpaired) electrons. The predicted molar refractivity (Wildman–Crippen MR) is 99.2 cm³/mol. The highest BCUT2D eigenvalue weighted by Gasteiger charge is 2.46. The van der Waals surface area contributed by atoms with Crippen molar-refractivity contribution in [1.29, 1.82) is 0 Å². The van der Waals surface area contributed by atoms with Crippen molar-refractivity contribution in [2.45, 2.75) is 19.1 Å². The van der Waals surface area contributed by atoms with Crippen LogP contribution in [0.3, 0.4) is 0 Å². The Morgan fingerprint density at radius 1 is 1.25 bits per heavy atom. The summed E-state index contributed by atoms with van der Waals surface area (Å²) in [4.78, 5) is 1.16. The summed E-state index contributed by atoms with van der Waals surface area (Å²) in [5, 5.41) is 4.82. The Labute approximate surface area is 159 Å². The smallest absolute Gasteiger partial charge is 0.413 e. The summed E-state index contributed by atoms with van der Waals surface area (Å²) < 4.78 is 54.2. The lowest BCUT2D eigenvalue weighted by Crippen LogP contribution is -2.46. The number of allylic oxidation sites excluding steroid dienone is 2. The van der Waals surface area contributed by atoms with Crippen LogP contribution in [0.4, 0.5) is 18.9 Å². The zero-order valence-electron chi connectivity index (χ0n) is 15.3. The number of ether oxygens (including phenoxy) is 1. The van der Waals surface area contributed by atoms with E-state index in [4.69, 9.17) is 9.15 Å². The van der Waals surface area contributed by atoms with Gasteiger partial charge in [0.1, 0.15) is 23.7 Å². The van der Waals surface area contributed by atoms with Crippen molar-refractivity contribution in [2.75, 3.05) is 11.5 Å². The molecule has 0 amide bonds. The molecule has 0 N–H and O–H groups in total.